The third kappa shape index (κ3) is 6.93. The highest BCUT2D eigenvalue weighted by molar-refractivity contribution is 6.24. The van der Waals surface area contributed by atoms with Gasteiger partial charge in [-0.05, 0) is 130 Å². The summed E-state index contributed by atoms with van der Waals surface area (Å²) >= 11 is 0. The first kappa shape index (κ1) is 43.2. The summed E-state index contributed by atoms with van der Waals surface area (Å²) in [4.78, 5) is 2.59. The van der Waals surface area contributed by atoms with Crippen LogP contribution >= 0.6 is 0 Å². The number of nitrogens with zero attached hydrogens (tertiary/aromatic N) is 1. The highest BCUT2D eigenvalue weighted by Gasteiger charge is 2.47. The van der Waals surface area contributed by atoms with E-state index in [4.69, 9.17) is 0 Å². The van der Waals surface area contributed by atoms with E-state index in [0.717, 1.165) is 22.6 Å². The Balaban J connectivity index is 1.13. The maximum Gasteiger partial charge on any atom is 0.0714 e. The first-order valence-electron chi connectivity index (χ1n) is 25.7. The molecule has 1 nitrogen and oxygen atoms in total. The van der Waals surface area contributed by atoms with Gasteiger partial charge >= 0.3 is 0 Å². The van der Waals surface area contributed by atoms with Crippen molar-refractivity contribution in [2.45, 2.75) is 5.41 Å². The smallest absolute Gasteiger partial charge is 0.0714 e. The summed E-state index contributed by atoms with van der Waals surface area (Å²) in [6.07, 6.45) is 0. The maximum absolute atomic E-state index is 2.59. The number of fused-ring (bicyclic) bond motifs is 7. The molecule has 0 spiro atoms. The van der Waals surface area contributed by atoms with E-state index >= 15 is 0 Å². The van der Waals surface area contributed by atoms with Crippen LogP contribution in [0.5, 0.6) is 0 Å². The fraction of sp³-hybridized carbons (Fsp3) is 0.0137. The van der Waals surface area contributed by atoms with Crippen LogP contribution in [-0.2, 0) is 5.41 Å². The summed E-state index contributed by atoms with van der Waals surface area (Å²) in [5, 5.41) is 7.24. The second-order valence-corrected chi connectivity index (χ2v) is 19.5. The molecule has 1 aliphatic carbocycles. The van der Waals surface area contributed by atoms with Crippen LogP contribution in [0.1, 0.15) is 22.3 Å². The lowest BCUT2D eigenvalue weighted by atomic mass is 9.67. The van der Waals surface area contributed by atoms with E-state index in [9.17, 15) is 0 Å². The minimum Gasteiger partial charge on any atom is -0.309 e. The molecule has 0 heterocycles. The minimum atomic E-state index is -0.657. The molecule has 0 amide bonds. The average Bonchev–Trinajstić information content (AvgIpc) is 3.81. The van der Waals surface area contributed by atoms with Crippen molar-refractivity contribution in [2.24, 2.45) is 0 Å². The molecule has 0 fully saturated rings. The van der Waals surface area contributed by atoms with Gasteiger partial charge in [-0.3, -0.25) is 0 Å². The monoisotopic (exact) mass is 939 g/mol. The van der Waals surface area contributed by atoms with Crippen molar-refractivity contribution in [3.63, 3.8) is 0 Å². The molecule has 0 aliphatic heterocycles. The summed E-state index contributed by atoms with van der Waals surface area (Å²) in [5.74, 6) is 0. The standard InChI is InChI=1S/C73H49N/c1-6-23-50(24-7-1)54-41-44-63-64-46-43-58(49-70(64)73(69(63)47-54,55-31-12-4-13-32-55)56-33-14-5-15-34-56)74(57-42-45-60(51-25-8-2-9-26-51)68(48-57)53-27-10-3-11-28-53)72-67-39-21-19-37-62(67)61-36-18-20-38-66(61)71(72)65-40-22-30-52-29-16-17-35-59(52)65/h1-49H. The number of anilines is 3. The summed E-state index contributed by atoms with van der Waals surface area (Å²) < 4.78 is 0. The largest absolute Gasteiger partial charge is 0.309 e. The predicted octanol–water partition coefficient (Wildman–Crippen LogP) is 19.6. The van der Waals surface area contributed by atoms with Crippen LogP contribution in [0.4, 0.5) is 17.1 Å². The van der Waals surface area contributed by atoms with Crippen molar-refractivity contribution in [2.75, 3.05) is 4.90 Å². The van der Waals surface area contributed by atoms with E-state index in [-0.39, 0.29) is 0 Å². The second-order valence-electron chi connectivity index (χ2n) is 19.5. The minimum absolute atomic E-state index is 0.657. The Kier molecular flexibility index (Phi) is 10.5. The van der Waals surface area contributed by atoms with Gasteiger partial charge in [-0.25, -0.2) is 0 Å². The fourth-order valence-corrected chi connectivity index (χ4v) is 12.3. The Bertz CT molecular complexity index is 4180. The SMILES string of the molecule is c1ccc(-c2ccc3c(c2)C(c2ccccc2)(c2ccccc2)c2cc(N(c4ccc(-c5ccccc5)c(-c5ccccc5)c4)c4c(-c5cccc6ccccc56)c5ccccc5c5ccccc45)ccc2-3)cc1. The first-order valence-corrected chi connectivity index (χ1v) is 25.7. The van der Waals surface area contributed by atoms with Crippen LogP contribution in [0, 0.1) is 0 Å². The molecule has 13 aromatic rings. The van der Waals surface area contributed by atoms with Gasteiger partial charge in [0.15, 0.2) is 0 Å². The zero-order chi connectivity index (χ0) is 49.0. The van der Waals surface area contributed by atoms with E-state index in [1.54, 1.807) is 0 Å². The van der Waals surface area contributed by atoms with Gasteiger partial charge in [0.1, 0.15) is 0 Å². The molecule has 0 N–H and O–H groups in total. The number of rotatable bonds is 9. The molecule has 13 aromatic carbocycles. The van der Waals surface area contributed by atoms with Crippen molar-refractivity contribution in [1.29, 1.82) is 0 Å². The zero-order valence-electron chi connectivity index (χ0n) is 40.7. The molecule has 0 unspecified atom stereocenters. The van der Waals surface area contributed by atoms with Crippen LogP contribution in [0.25, 0.3) is 88.0 Å². The summed E-state index contributed by atoms with van der Waals surface area (Å²) in [6, 6.07) is 110. The zero-order valence-corrected chi connectivity index (χ0v) is 40.7. The Morgan fingerprint density at radius 3 is 1.32 bits per heavy atom. The number of hydrogen-bond donors (Lipinski definition) is 0. The fourth-order valence-electron chi connectivity index (χ4n) is 12.3. The van der Waals surface area contributed by atoms with Crippen LogP contribution < -0.4 is 4.90 Å². The van der Waals surface area contributed by atoms with Crippen LogP contribution in [-0.4, -0.2) is 0 Å². The second kappa shape index (κ2) is 17.9. The maximum atomic E-state index is 2.59. The van der Waals surface area contributed by atoms with Crippen molar-refractivity contribution in [1.82, 2.24) is 0 Å². The van der Waals surface area contributed by atoms with Gasteiger partial charge < -0.3 is 4.90 Å². The molecule has 0 aromatic heterocycles. The summed E-state index contributed by atoms with van der Waals surface area (Å²) in [6.45, 7) is 0. The molecule has 74 heavy (non-hydrogen) atoms. The van der Waals surface area contributed by atoms with E-state index < -0.39 is 5.41 Å². The molecule has 14 rings (SSSR count). The topological polar surface area (TPSA) is 3.24 Å². The van der Waals surface area contributed by atoms with E-state index in [1.807, 2.05) is 0 Å². The normalized spacial score (nSPS) is 12.4. The third-order valence-corrected chi connectivity index (χ3v) is 15.5. The van der Waals surface area contributed by atoms with Crippen LogP contribution in [0.3, 0.4) is 0 Å². The van der Waals surface area contributed by atoms with Gasteiger partial charge in [0.05, 0.1) is 11.1 Å². The van der Waals surface area contributed by atoms with Crippen molar-refractivity contribution >= 4 is 49.4 Å². The molecule has 0 radical (unpaired) electrons. The predicted molar refractivity (Wildman–Crippen MR) is 313 cm³/mol. The van der Waals surface area contributed by atoms with E-state index in [2.05, 4.69) is 302 Å². The molecule has 346 valence electrons. The molecule has 0 atom stereocenters. The Morgan fingerprint density at radius 1 is 0.243 bits per heavy atom. The van der Waals surface area contributed by atoms with Gasteiger partial charge in [0.25, 0.3) is 0 Å². The van der Waals surface area contributed by atoms with Crippen molar-refractivity contribution < 1.29 is 0 Å². The molecular weight excluding hydrogens is 891 g/mol. The molecule has 1 aliphatic rings. The van der Waals surface area contributed by atoms with Gasteiger partial charge in [-0.1, -0.05) is 267 Å². The van der Waals surface area contributed by atoms with Crippen LogP contribution in [0.2, 0.25) is 0 Å². The molecule has 0 saturated carbocycles. The lowest BCUT2D eigenvalue weighted by Crippen LogP contribution is -2.29. The molecule has 0 bridgehead atoms. The molecule has 0 saturated heterocycles. The van der Waals surface area contributed by atoms with E-state index in [0.29, 0.717) is 0 Å². The Morgan fingerprint density at radius 2 is 0.689 bits per heavy atom. The Hall–Kier alpha value is -9.56. The van der Waals surface area contributed by atoms with E-state index in [1.165, 1.54) is 105 Å². The highest BCUT2D eigenvalue weighted by Crippen LogP contribution is 2.59. The quantitative estimate of drug-likeness (QED) is 0.130. The highest BCUT2D eigenvalue weighted by atomic mass is 15.1. The molecular formula is C73H49N. The third-order valence-electron chi connectivity index (χ3n) is 15.5. The first-order chi connectivity index (χ1) is 36.7. The number of benzene rings is 13. The lowest BCUT2D eigenvalue weighted by Gasteiger charge is -2.36. The van der Waals surface area contributed by atoms with Gasteiger partial charge in [0.2, 0.25) is 0 Å². The number of hydrogen-bond acceptors (Lipinski definition) is 1. The van der Waals surface area contributed by atoms with Gasteiger partial charge in [0, 0.05) is 22.3 Å². The Labute approximate surface area is 432 Å². The van der Waals surface area contributed by atoms with Crippen molar-refractivity contribution in [3.05, 3.63) is 320 Å². The summed E-state index contributed by atoms with van der Waals surface area (Å²) in [7, 11) is 0. The van der Waals surface area contributed by atoms with Gasteiger partial charge in [-0.2, -0.15) is 0 Å². The van der Waals surface area contributed by atoms with Crippen LogP contribution in [0.15, 0.2) is 297 Å². The van der Waals surface area contributed by atoms with Gasteiger partial charge in [-0.15, -0.1) is 0 Å². The lowest BCUT2D eigenvalue weighted by molar-refractivity contribution is 0.768. The summed E-state index contributed by atoms with van der Waals surface area (Å²) in [5.41, 5.74) is 19.6. The average molecular weight is 940 g/mol. The molecule has 1 heteroatoms. The van der Waals surface area contributed by atoms with Crippen molar-refractivity contribution in [3.8, 4) is 55.6 Å².